The number of rotatable bonds is 3. The van der Waals surface area contributed by atoms with Gasteiger partial charge in [-0.15, -0.1) is 0 Å². The predicted octanol–water partition coefficient (Wildman–Crippen LogP) is 2.72. The third-order valence-corrected chi connectivity index (χ3v) is 3.61. The van der Waals surface area contributed by atoms with Crippen molar-refractivity contribution < 1.29 is 9.53 Å². The minimum absolute atomic E-state index is 0.0209. The minimum Gasteiger partial charge on any atom is -0.492 e. The van der Waals surface area contributed by atoms with Gasteiger partial charge in [0.25, 0.3) is 0 Å². The van der Waals surface area contributed by atoms with Crippen molar-refractivity contribution in [2.24, 2.45) is 11.8 Å². The molecule has 0 unspecified atom stereocenters. The molecule has 2 rings (SSSR count). The van der Waals surface area contributed by atoms with Crippen LogP contribution < -0.4 is 4.74 Å². The van der Waals surface area contributed by atoms with Gasteiger partial charge in [0.05, 0.1) is 6.61 Å². The number of benzene rings is 1. The Kier molecular flexibility index (Phi) is 4.17. The molecule has 0 radical (unpaired) electrons. The van der Waals surface area contributed by atoms with Crippen LogP contribution in [0.1, 0.15) is 18.9 Å². The average molecular weight is 266 g/mol. The van der Waals surface area contributed by atoms with Crippen molar-refractivity contribution >= 4 is 11.9 Å². The third kappa shape index (κ3) is 2.41. The molecular weight excluding hydrogens is 252 g/mol. The van der Waals surface area contributed by atoms with Crippen LogP contribution in [0, 0.1) is 34.5 Å². The first-order valence-electron chi connectivity index (χ1n) is 6.43. The predicted molar refractivity (Wildman–Crippen MR) is 73.4 cm³/mol. The maximum atomic E-state index is 10.7. The topological polar surface area (TPSA) is 73.9 Å². The highest BCUT2D eigenvalue weighted by atomic mass is 16.5. The third-order valence-electron chi connectivity index (χ3n) is 3.61. The summed E-state index contributed by atoms with van der Waals surface area (Å²) in [6, 6.07) is 11.3. The van der Waals surface area contributed by atoms with E-state index in [0.29, 0.717) is 24.4 Å². The Morgan fingerprint density at radius 2 is 2.15 bits per heavy atom. The van der Waals surface area contributed by atoms with Crippen molar-refractivity contribution in [2.75, 3.05) is 6.61 Å². The summed E-state index contributed by atoms with van der Waals surface area (Å²) in [5.41, 5.74) is 1.58. The second kappa shape index (κ2) is 6.04. The lowest BCUT2D eigenvalue weighted by Crippen LogP contribution is -2.26. The molecule has 0 amide bonds. The van der Waals surface area contributed by atoms with E-state index in [-0.39, 0.29) is 17.4 Å². The van der Waals surface area contributed by atoms with E-state index in [9.17, 15) is 15.3 Å². The van der Waals surface area contributed by atoms with E-state index in [1.54, 1.807) is 0 Å². The van der Waals surface area contributed by atoms with Crippen LogP contribution in [0.3, 0.4) is 0 Å². The van der Waals surface area contributed by atoms with Crippen molar-refractivity contribution in [1.29, 1.82) is 10.5 Å². The van der Waals surface area contributed by atoms with Crippen LogP contribution in [0.15, 0.2) is 29.8 Å². The molecule has 1 heterocycles. The summed E-state index contributed by atoms with van der Waals surface area (Å²) < 4.78 is 5.70. The van der Waals surface area contributed by atoms with Crippen molar-refractivity contribution in [2.45, 2.75) is 13.3 Å². The zero-order valence-electron chi connectivity index (χ0n) is 11.2. The molecule has 2 atom stereocenters. The number of ether oxygens (including phenoxy) is 1. The monoisotopic (exact) mass is 266 g/mol. The van der Waals surface area contributed by atoms with Crippen molar-refractivity contribution in [1.82, 2.24) is 0 Å². The molecule has 4 heteroatoms. The van der Waals surface area contributed by atoms with Crippen LogP contribution in [-0.2, 0) is 4.79 Å². The molecule has 0 bridgehead atoms. The largest absolute Gasteiger partial charge is 0.492 e. The molecule has 0 saturated heterocycles. The van der Waals surface area contributed by atoms with Gasteiger partial charge in [0.2, 0.25) is 0 Å². The number of fused-ring (bicyclic) bond motifs is 1. The fourth-order valence-electron chi connectivity index (χ4n) is 2.51. The Bertz CT molecular complexity index is 619. The van der Waals surface area contributed by atoms with Gasteiger partial charge in [0.15, 0.2) is 0 Å². The average Bonchev–Trinajstić information content (AvgIpc) is 2.48. The second-order valence-electron chi connectivity index (χ2n) is 4.81. The number of carbonyl (C=O) groups is 1. The van der Waals surface area contributed by atoms with Gasteiger partial charge in [0, 0.05) is 17.9 Å². The van der Waals surface area contributed by atoms with Gasteiger partial charge in [-0.2, -0.15) is 10.5 Å². The second-order valence-corrected chi connectivity index (χ2v) is 4.81. The summed E-state index contributed by atoms with van der Waals surface area (Å²) in [6.07, 6.45) is 1.24. The molecule has 0 spiro atoms. The first kappa shape index (κ1) is 13.8. The number of para-hydroxylation sites is 1. The number of hydrogen-bond donors (Lipinski definition) is 0. The Balaban J connectivity index is 2.58. The number of nitrogens with zero attached hydrogens (tertiary/aromatic N) is 2. The number of nitriles is 2. The molecule has 4 nitrogen and oxygen atoms in total. The van der Waals surface area contributed by atoms with Gasteiger partial charge in [-0.3, -0.25) is 0 Å². The van der Waals surface area contributed by atoms with Gasteiger partial charge in [0.1, 0.15) is 29.7 Å². The van der Waals surface area contributed by atoms with E-state index in [1.807, 2.05) is 43.3 Å². The van der Waals surface area contributed by atoms with Gasteiger partial charge in [-0.05, 0) is 17.6 Å². The summed E-state index contributed by atoms with van der Waals surface area (Å²) in [6.45, 7) is 2.32. The van der Waals surface area contributed by atoms with Crippen LogP contribution in [0.25, 0.3) is 5.57 Å². The van der Waals surface area contributed by atoms with E-state index in [0.717, 1.165) is 11.8 Å². The van der Waals surface area contributed by atoms with Crippen LogP contribution in [0.2, 0.25) is 0 Å². The van der Waals surface area contributed by atoms with E-state index in [2.05, 4.69) is 0 Å². The lowest BCUT2D eigenvalue weighted by molar-refractivity contribution is -0.108. The number of carbonyl (C=O) groups excluding carboxylic acids is 1. The number of allylic oxidation sites excluding steroid dienone is 1. The fraction of sp³-hybridized carbons (Fsp3) is 0.312. The summed E-state index contributed by atoms with van der Waals surface area (Å²) >= 11 is 0. The molecule has 0 aliphatic carbocycles. The molecule has 0 N–H and O–H groups in total. The van der Waals surface area contributed by atoms with E-state index < -0.39 is 0 Å². The Morgan fingerprint density at radius 3 is 2.80 bits per heavy atom. The minimum atomic E-state index is -0.121. The normalized spacial score (nSPS) is 17.9. The molecule has 0 fully saturated rings. The molecule has 0 saturated carbocycles. The SMILES string of the molecule is C[C@H](CC=O)[C@@H]1COc2ccccc2C1=C(C#N)C#N. The van der Waals surface area contributed by atoms with E-state index >= 15 is 0 Å². The Morgan fingerprint density at radius 1 is 1.45 bits per heavy atom. The van der Waals surface area contributed by atoms with E-state index in [4.69, 9.17) is 4.74 Å². The lowest BCUT2D eigenvalue weighted by Gasteiger charge is -2.31. The Labute approximate surface area is 117 Å². The van der Waals surface area contributed by atoms with Crippen molar-refractivity contribution in [3.63, 3.8) is 0 Å². The van der Waals surface area contributed by atoms with Crippen molar-refractivity contribution in [3.05, 3.63) is 35.4 Å². The molecule has 1 aliphatic rings. The zero-order chi connectivity index (χ0) is 14.5. The summed E-state index contributed by atoms with van der Waals surface area (Å²) in [7, 11) is 0. The highest BCUT2D eigenvalue weighted by Crippen LogP contribution is 2.41. The van der Waals surface area contributed by atoms with Crippen LogP contribution >= 0.6 is 0 Å². The summed E-state index contributed by atoms with van der Waals surface area (Å²) in [5.74, 6) is 0.581. The standard InChI is InChI=1S/C16H14N2O2/c1-11(6-7-19)14-10-20-15-5-3-2-4-13(15)16(14)12(8-17)9-18/h2-5,7,11,14H,6,10H2,1H3/t11-,14+/m1/s1. The quantitative estimate of drug-likeness (QED) is 0.622. The van der Waals surface area contributed by atoms with Crippen LogP contribution in [-0.4, -0.2) is 12.9 Å². The molecule has 0 aromatic heterocycles. The summed E-state index contributed by atoms with van der Waals surface area (Å²) in [5, 5.41) is 18.4. The molecular formula is C16H14N2O2. The maximum absolute atomic E-state index is 10.7. The van der Waals surface area contributed by atoms with Crippen LogP contribution in [0.4, 0.5) is 0 Å². The van der Waals surface area contributed by atoms with Crippen molar-refractivity contribution in [3.8, 4) is 17.9 Å². The lowest BCUT2D eigenvalue weighted by atomic mass is 9.79. The Hall–Kier alpha value is -2.59. The number of hydrogen-bond acceptors (Lipinski definition) is 4. The first-order valence-corrected chi connectivity index (χ1v) is 6.43. The van der Waals surface area contributed by atoms with Crippen LogP contribution in [0.5, 0.6) is 5.75 Å². The van der Waals surface area contributed by atoms with Gasteiger partial charge < -0.3 is 9.53 Å². The number of aldehydes is 1. The highest BCUT2D eigenvalue weighted by molar-refractivity contribution is 5.81. The first-order chi connectivity index (χ1) is 9.72. The fourth-order valence-corrected chi connectivity index (χ4v) is 2.51. The summed E-state index contributed by atoms with van der Waals surface area (Å²) in [4.78, 5) is 10.7. The molecule has 20 heavy (non-hydrogen) atoms. The highest BCUT2D eigenvalue weighted by Gasteiger charge is 2.31. The smallest absolute Gasteiger partial charge is 0.134 e. The molecule has 1 aromatic rings. The molecule has 1 aliphatic heterocycles. The van der Waals surface area contributed by atoms with Gasteiger partial charge in [-0.1, -0.05) is 25.1 Å². The van der Waals surface area contributed by atoms with Gasteiger partial charge >= 0.3 is 0 Å². The molecule has 1 aromatic carbocycles. The zero-order valence-corrected chi connectivity index (χ0v) is 11.2. The van der Waals surface area contributed by atoms with Gasteiger partial charge in [-0.25, -0.2) is 0 Å². The maximum Gasteiger partial charge on any atom is 0.134 e. The van der Waals surface area contributed by atoms with E-state index in [1.165, 1.54) is 0 Å². The molecule has 100 valence electrons.